The minimum absolute atomic E-state index is 0.0797. The molecule has 202 valence electrons. The average molecular weight is 517 g/mol. The van der Waals surface area contributed by atoms with Gasteiger partial charge >= 0.3 is 0 Å². The summed E-state index contributed by atoms with van der Waals surface area (Å²) in [5, 5.41) is 0. The summed E-state index contributed by atoms with van der Waals surface area (Å²) in [7, 11) is 0. The molecular weight excluding hydrogens is 476 g/mol. The van der Waals surface area contributed by atoms with Crippen LogP contribution in [0, 0.1) is 0 Å². The number of hydrogen-bond donors (Lipinski definition) is 0. The summed E-state index contributed by atoms with van der Waals surface area (Å²) in [5.41, 5.74) is 2.52. The third kappa shape index (κ3) is 6.26. The molecule has 7 nitrogen and oxygen atoms in total. The topological polar surface area (TPSA) is 64.2 Å². The molecule has 3 amide bonds. The zero-order chi connectivity index (χ0) is 26.5. The quantitative estimate of drug-likeness (QED) is 0.537. The second-order valence-electron chi connectivity index (χ2n) is 10.9. The maximum atomic E-state index is 13.2. The Labute approximate surface area is 226 Å². The predicted octanol–water partition coefficient (Wildman–Crippen LogP) is 3.70. The number of amides is 3. The fraction of sp³-hybridized carbons (Fsp3) is 0.516. The third-order valence-electron chi connectivity index (χ3n) is 8.35. The number of piperazine rings is 1. The summed E-state index contributed by atoms with van der Waals surface area (Å²) in [6, 6.07) is 21.8. The third-order valence-corrected chi connectivity index (χ3v) is 8.35. The van der Waals surface area contributed by atoms with Gasteiger partial charge in [-0.2, -0.15) is 0 Å². The fourth-order valence-corrected chi connectivity index (χ4v) is 6.13. The van der Waals surface area contributed by atoms with E-state index < -0.39 is 0 Å². The van der Waals surface area contributed by atoms with Crippen molar-refractivity contribution in [3.8, 4) is 0 Å². The Bertz CT molecular complexity index is 1050. The summed E-state index contributed by atoms with van der Waals surface area (Å²) in [6.45, 7) is 6.00. The molecule has 2 saturated heterocycles. The van der Waals surface area contributed by atoms with E-state index in [1.54, 1.807) is 6.92 Å². The van der Waals surface area contributed by atoms with Crippen LogP contribution >= 0.6 is 0 Å². The van der Waals surface area contributed by atoms with Gasteiger partial charge in [0, 0.05) is 71.1 Å². The number of carbonyl (C=O) groups is 3. The van der Waals surface area contributed by atoms with Gasteiger partial charge in [-0.05, 0) is 36.8 Å². The van der Waals surface area contributed by atoms with E-state index in [-0.39, 0.29) is 42.6 Å². The molecule has 2 heterocycles. The molecule has 2 aromatic rings. The molecule has 0 atom stereocenters. The maximum Gasteiger partial charge on any atom is 0.223 e. The number of hydrogen-bond acceptors (Lipinski definition) is 4. The largest absolute Gasteiger partial charge is 0.343 e. The van der Waals surface area contributed by atoms with E-state index in [1.165, 1.54) is 11.1 Å². The van der Waals surface area contributed by atoms with E-state index in [4.69, 9.17) is 0 Å². The Morgan fingerprint density at radius 2 is 1.24 bits per heavy atom. The van der Waals surface area contributed by atoms with Crippen molar-refractivity contribution >= 4 is 17.7 Å². The lowest BCUT2D eigenvalue weighted by molar-refractivity contribution is -0.141. The minimum atomic E-state index is 0.0797. The SMILES string of the molecule is CC(=O)N1CCC(N(C(=O)CCC(=O)N2CCN(C(c3ccccc3)c3ccccc3)CC2)C2CC2)CC1. The van der Waals surface area contributed by atoms with Crippen molar-refractivity contribution in [3.05, 3.63) is 71.8 Å². The zero-order valence-corrected chi connectivity index (χ0v) is 22.5. The second-order valence-corrected chi connectivity index (χ2v) is 10.9. The first kappa shape index (κ1) is 26.4. The van der Waals surface area contributed by atoms with Gasteiger partial charge in [-0.1, -0.05) is 60.7 Å². The molecule has 5 rings (SSSR count). The molecule has 38 heavy (non-hydrogen) atoms. The number of benzene rings is 2. The van der Waals surface area contributed by atoms with Gasteiger partial charge in [-0.15, -0.1) is 0 Å². The van der Waals surface area contributed by atoms with E-state index in [9.17, 15) is 14.4 Å². The van der Waals surface area contributed by atoms with E-state index in [1.807, 2.05) is 21.9 Å². The normalized spacial score (nSPS) is 19.0. The first-order valence-electron chi connectivity index (χ1n) is 14.2. The number of piperidine rings is 1. The van der Waals surface area contributed by atoms with Gasteiger partial charge in [-0.25, -0.2) is 0 Å². The highest BCUT2D eigenvalue weighted by Gasteiger charge is 2.39. The van der Waals surface area contributed by atoms with Gasteiger partial charge in [0.2, 0.25) is 17.7 Å². The standard InChI is InChI=1S/C31H40N4O3/c1-24(36)32-18-16-28(17-19-32)35(27-12-13-27)30(38)15-14-29(37)33-20-22-34(23-21-33)31(25-8-4-2-5-9-25)26-10-6-3-7-11-26/h2-11,27-28,31H,12-23H2,1H3. The maximum absolute atomic E-state index is 13.2. The molecule has 0 spiro atoms. The molecular formula is C31H40N4O3. The molecule has 1 saturated carbocycles. The van der Waals surface area contributed by atoms with Crippen LogP contribution in [-0.4, -0.2) is 88.7 Å². The summed E-state index contributed by atoms with van der Waals surface area (Å²) in [6.07, 6.45) is 4.33. The van der Waals surface area contributed by atoms with Crippen LogP contribution in [0.15, 0.2) is 60.7 Å². The number of rotatable bonds is 8. The second kappa shape index (κ2) is 12.1. The van der Waals surface area contributed by atoms with Crippen molar-refractivity contribution in [1.29, 1.82) is 0 Å². The van der Waals surface area contributed by atoms with Crippen LogP contribution in [0.5, 0.6) is 0 Å². The summed E-state index contributed by atoms with van der Waals surface area (Å²) >= 11 is 0. The van der Waals surface area contributed by atoms with Crippen LogP contribution in [0.25, 0.3) is 0 Å². The molecule has 0 radical (unpaired) electrons. The average Bonchev–Trinajstić information content (AvgIpc) is 3.79. The van der Waals surface area contributed by atoms with Crippen molar-refractivity contribution in [2.24, 2.45) is 0 Å². The van der Waals surface area contributed by atoms with Crippen molar-refractivity contribution in [3.63, 3.8) is 0 Å². The Balaban J connectivity index is 1.14. The van der Waals surface area contributed by atoms with Crippen molar-refractivity contribution in [2.75, 3.05) is 39.3 Å². The monoisotopic (exact) mass is 516 g/mol. The molecule has 2 aromatic carbocycles. The van der Waals surface area contributed by atoms with Crippen LogP contribution in [0.4, 0.5) is 0 Å². The van der Waals surface area contributed by atoms with Crippen LogP contribution < -0.4 is 0 Å². The zero-order valence-electron chi connectivity index (χ0n) is 22.5. The van der Waals surface area contributed by atoms with E-state index in [0.29, 0.717) is 32.2 Å². The highest BCUT2D eigenvalue weighted by molar-refractivity contribution is 5.84. The first-order valence-corrected chi connectivity index (χ1v) is 14.2. The Morgan fingerprint density at radius 3 is 1.74 bits per heavy atom. The van der Waals surface area contributed by atoms with E-state index in [2.05, 4.69) is 58.3 Å². The molecule has 3 fully saturated rings. The molecule has 2 aliphatic heterocycles. The molecule has 0 aromatic heterocycles. The van der Waals surface area contributed by atoms with Gasteiger partial charge in [-0.3, -0.25) is 19.3 Å². The minimum Gasteiger partial charge on any atom is -0.343 e. The summed E-state index contributed by atoms with van der Waals surface area (Å²) in [4.78, 5) is 46.4. The van der Waals surface area contributed by atoms with E-state index in [0.717, 1.165) is 38.8 Å². The first-order chi connectivity index (χ1) is 18.5. The summed E-state index contributed by atoms with van der Waals surface area (Å²) < 4.78 is 0. The number of carbonyl (C=O) groups excluding carboxylic acids is 3. The lowest BCUT2D eigenvalue weighted by Gasteiger charge is -2.40. The van der Waals surface area contributed by atoms with Crippen LogP contribution in [0.2, 0.25) is 0 Å². The predicted molar refractivity (Wildman–Crippen MR) is 147 cm³/mol. The van der Waals surface area contributed by atoms with Gasteiger partial charge < -0.3 is 14.7 Å². The smallest absolute Gasteiger partial charge is 0.223 e. The number of nitrogens with zero attached hydrogens (tertiary/aromatic N) is 4. The highest BCUT2D eigenvalue weighted by Crippen LogP contribution is 2.33. The highest BCUT2D eigenvalue weighted by atomic mass is 16.2. The van der Waals surface area contributed by atoms with Crippen LogP contribution in [0.3, 0.4) is 0 Å². The molecule has 3 aliphatic rings. The molecule has 1 aliphatic carbocycles. The van der Waals surface area contributed by atoms with Crippen molar-refractivity contribution < 1.29 is 14.4 Å². The van der Waals surface area contributed by atoms with Crippen molar-refractivity contribution in [2.45, 2.75) is 63.6 Å². The Morgan fingerprint density at radius 1 is 0.711 bits per heavy atom. The van der Waals surface area contributed by atoms with Gasteiger partial charge in [0.25, 0.3) is 0 Å². The van der Waals surface area contributed by atoms with Crippen LogP contribution in [-0.2, 0) is 14.4 Å². The molecule has 0 unspecified atom stereocenters. The number of likely N-dealkylation sites (tertiary alicyclic amines) is 1. The van der Waals surface area contributed by atoms with Crippen molar-refractivity contribution in [1.82, 2.24) is 19.6 Å². The van der Waals surface area contributed by atoms with Gasteiger partial charge in [0.1, 0.15) is 0 Å². The fourth-order valence-electron chi connectivity index (χ4n) is 6.13. The lowest BCUT2D eigenvalue weighted by Crippen LogP contribution is -2.51. The Kier molecular flexibility index (Phi) is 8.42. The van der Waals surface area contributed by atoms with Crippen LogP contribution in [0.1, 0.15) is 62.6 Å². The molecule has 7 heteroatoms. The Hall–Kier alpha value is -3.19. The lowest BCUT2D eigenvalue weighted by atomic mass is 9.96. The van der Waals surface area contributed by atoms with E-state index >= 15 is 0 Å². The van der Waals surface area contributed by atoms with Gasteiger partial charge in [0.05, 0.1) is 6.04 Å². The van der Waals surface area contributed by atoms with Gasteiger partial charge in [0.15, 0.2) is 0 Å². The summed E-state index contributed by atoms with van der Waals surface area (Å²) in [5.74, 6) is 0.294. The molecule has 0 N–H and O–H groups in total. The molecule has 0 bridgehead atoms.